The Morgan fingerprint density at radius 3 is 2.17 bits per heavy atom. The van der Waals surface area contributed by atoms with E-state index in [9.17, 15) is 0 Å². The van der Waals surface area contributed by atoms with Crippen molar-refractivity contribution < 1.29 is 4.74 Å². The summed E-state index contributed by atoms with van der Waals surface area (Å²) < 4.78 is 5.91. The molecule has 0 amide bonds. The van der Waals surface area contributed by atoms with E-state index in [1.807, 2.05) is 77.1 Å². The average Bonchev–Trinajstić information content (AvgIpc) is 3.01. The normalized spacial score (nSPS) is 9.88. The van der Waals surface area contributed by atoms with Crippen LogP contribution >= 0.6 is 0 Å². The predicted octanol–water partition coefficient (Wildman–Crippen LogP) is 8.31. The number of nitrogens with one attached hydrogen (secondary N) is 1. The lowest BCUT2D eigenvalue weighted by molar-refractivity contribution is 0.295. The van der Waals surface area contributed by atoms with Crippen molar-refractivity contribution in [2.45, 2.75) is 94.4 Å². The maximum Gasteiger partial charge on any atom is 0.318 e. The molecule has 3 aromatic rings. The van der Waals surface area contributed by atoms with Gasteiger partial charge in [-0.15, -0.1) is 0 Å². The summed E-state index contributed by atoms with van der Waals surface area (Å²) in [5, 5.41) is 4.35. The highest BCUT2D eigenvalue weighted by atomic mass is 16.5. The summed E-state index contributed by atoms with van der Waals surface area (Å²) in [6.07, 6.45) is 8.81. The van der Waals surface area contributed by atoms with Crippen LogP contribution in [0.4, 0.5) is 17.2 Å². The van der Waals surface area contributed by atoms with Gasteiger partial charge in [-0.05, 0) is 49.6 Å². The van der Waals surface area contributed by atoms with Crippen LogP contribution < -0.4 is 20.8 Å². The van der Waals surface area contributed by atoms with Gasteiger partial charge < -0.3 is 15.4 Å². The van der Waals surface area contributed by atoms with E-state index < -0.39 is 0 Å². The molecular formula is C33H55N7O. The highest BCUT2D eigenvalue weighted by Crippen LogP contribution is 2.20. The van der Waals surface area contributed by atoms with Gasteiger partial charge in [0.2, 0.25) is 0 Å². The highest BCUT2D eigenvalue weighted by Gasteiger charge is 2.11. The van der Waals surface area contributed by atoms with E-state index in [0.29, 0.717) is 30.4 Å². The number of aromatic nitrogens is 3. The molecular weight excluding hydrogens is 510 g/mol. The van der Waals surface area contributed by atoms with Gasteiger partial charge in [-0.1, -0.05) is 80.4 Å². The number of rotatable bonds is 13. The lowest BCUT2D eigenvalue weighted by atomic mass is 10.2. The van der Waals surface area contributed by atoms with E-state index in [-0.39, 0.29) is 0 Å². The first-order valence-electron chi connectivity index (χ1n) is 15.3. The van der Waals surface area contributed by atoms with E-state index in [4.69, 9.17) is 10.5 Å². The van der Waals surface area contributed by atoms with Crippen LogP contribution in [-0.2, 0) is 6.42 Å². The van der Waals surface area contributed by atoms with Crippen LogP contribution in [0.15, 0.2) is 53.8 Å². The fourth-order valence-electron chi connectivity index (χ4n) is 3.33. The van der Waals surface area contributed by atoms with Crippen LogP contribution in [0.1, 0.15) is 98.0 Å². The lowest BCUT2D eigenvalue weighted by Crippen LogP contribution is -2.26. The quantitative estimate of drug-likeness (QED) is 0.122. The molecule has 0 saturated carbocycles. The van der Waals surface area contributed by atoms with Crippen molar-refractivity contribution >= 4 is 23.4 Å². The van der Waals surface area contributed by atoms with Gasteiger partial charge in [0.05, 0.1) is 29.9 Å². The molecule has 8 heteroatoms. The molecule has 0 fully saturated rings. The van der Waals surface area contributed by atoms with Crippen molar-refractivity contribution in [3.05, 3.63) is 65.6 Å². The number of hydrogen-bond acceptors (Lipinski definition) is 8. The number of pyridine rings is 1. The van der Waals surface area contributed by atoms with Crippen LogP contribution in [0.3, 0.4) is 0 Å². The molecule has 0 unspecified atom stereocenters. The van der Waals surface area contributed by atoms with E-state index in [2.05, 4.69) is 58.1 Å². The molecule has 0 atom stereocenters. The van der Waals surface area contributed by atoms with Crippen LogP contribution in [-0.4, -0.2) is 40.9 Å². The predicted molar refractivity (Wildman–Crippen MR) is 178 cm³/mol. The SMILES string of the molecule is CC.CC.CCCC.CCCN(CCC)c1cc(/C=N/Nc2cc(C)ccc2N)nc(OCCc2ccccn2)n1. The maximum absolute atomic E-state index is 6.03. The Kier molecular flexibility index (Phi) is 22.0. The molecule has 2 aromatic heterocycles. The number of aryl methyl sites for hydroxylation is 1. The summed E-state index contributed by atoms with van der Waals surface area (Å²) in [6, 6.07) is 13.9. The maximum atomic E-state index is 6.03. The monoisotopic (exact) mass is 565 g/mol. The third-order valence-electron chi connectivity index (χ3n) is 5.43. The van der Waals surface area contributed by atoms with Crippen molar-refractivity contribution in [2.75, 3.05) is 35.8 Å². The Morgan fingerprint density at radius 1 is 0.902 bits per heavy atom. The van der Waals surface area contributed by atoms with Gasteiger partial charge in [0.15, 0.2) is 0 Å². The number of hydrazone groups is 1. The van der Waals surface area contributed by atoms with Crippen molar-refractivity contribution in [2.24, 2.45) is 5.10 Å². The van der Waals surface area contributed by atoms with Gasteiger partial charge >= 0.3 is 6.01 Å². The molecule has 0 bridgehead atoms. The summed E-state index contributed by atoms with van der Waals surface area (Å²) in [4.78, 5) is 15.8. The zero-order valence-electron chi connectivity index (χ0n) is 27.1. The molecule has 0 aliphatic carbocycles. The van der Waals surface area contributed by atoms with Gasteiger partial charge in [0, 0.05) is 37.5 Å². The molecule has 3 rings (SSSR count). The molecule has 8 nitrogen and oxygen atoms in total. The summed E-state index contributed by atoms with van der Waals surface area (Å²) in [7, 11) is 0. The van der Waals surface area contributed by atoms with Gasteiger partial charge in [-0.2, -0.15) is 15.1 Å². The minimum Gasteiger partial charge on any atom is -0.463 e. The number of nitrogen functional groups attached to an aromatic ring is 1. The number of nitrogens with zero attached hydrogens (tertiary/aromatic N) is 5. The highest BCUT2D eigenvalue weighted by molar-refractivity contribution is 5.80. The van der Waals surface area contributed by atoms with Crippen LogP contribution in [0.5, 0.6) is 6.01 Å². The topological polar surface area (TPSA) is 102 Å². The average molecular weight is 566 g/mol. The fourth-order valence-corrected chi connectivity index (χ4v) is 3.33. The molecule has 3 N–H and O–H groups in total. The first-order chi connectivity index (χ1) is 20.0. The van der Waals surface area contributed by atoms with E-state index in [0.717, 1.165) is 48.7 Å². The second-order valence-electron chi connectivity index (χ2n) is 8.80. The number of nitrogens with two attached hydrogens (primary N) is 1. The molecule has 0 aliphatic rings. The van der Waals surface area contributed by atoms with E-state index in [1.54, 1.807) is 12.4 Å². The second-order valence-corrected chi connectivity index (χ2v) is 8.80. The van der Waals surface area contributed by atoms with Crippen LogP contribution in [0, 0.1) is 6.92 Å². The molecule has 0 saturated heterocycles. The first-order valence-corrected chi connectivity index (χ1v) is 15.3. The van der Waals surface area contributed by atoms with Gasteiger partial charge in [-0.25, -0.2) is 0 Å². The Labute approximate surface area is 249 Å². The van der Waals surface area contributed by atoms with Crippen LogP contribution in [0.2, 0.25) is 0 Å². The van der Waals surface area contributed by atoms with Crippen molar-refractivity contribution in [1.29, 1.82) is 0 Å². The zero-order chi connectivity index (χ0) is 30.9. The fraction of sp³-hybridized carbons (Fsp3) is 0.515. The summed E-state index contributed by atoms with van der Waals surface area (Å²) in [6.45, 7) is 20.9. The molecule has 2 heterocycles. The Balaban J connectivity index is 0.00000180. The minimum absolute atomic E-state index is 0.331. The third-order valence-corrected chi connectivity index (χ3v) is 5.43. The standard InChI is InChI=1S/C25H33N7O.C4H10.2C2H6/c1-4-13-32(14-5-2)24-17-21(18-28-31-23-16-19(3)9-10-22(23)26)29-25(30-24)33-15-11-20-8-6-7-12-27-20;1-3-4-2;2*1-2/h6-10,12,16-18,31H,4-5,11,13-15,26H2,1-3H3;3-4H2,1-2H3;2*1-2H3/b28-18+;;;. The molecule has 228 valence electrons. The Morgan fingerprint density at radius 2 is 1.59 bits per heavy atom. The summed E-state index contributed by atoms with van der Waals surface area (Å²) >= 11 is 0. The molecule has 41 heavy (non-hydrogen) atoms. The van der Waals surface area contributed by atoms with Crippen LogP contribution in [0.25, 0.3) is 0 Å². The summed E-state index contributed by atoms with van der Waals surface area (Å²) in [5.74, 6) is 0.832. The molecule has 0 radical (unpaired) electrons. The molecule has 0 aliphatic heterocycles. The first kappa shape index (κ1) is 37.3. The van der Waals surface area contributed by atoms with Gasteiger partial charge in [0.25, 0.3) is 0 Å². The Hall–Kier alpha value is -3.68. The molecule has 1 aromatic carbocycles. The van der Waals surface area contributed by atoms with Crippen molar-refractivity contribution in [1.82, 2.24) is 15.0 Å². The van der Waals surface area contributed by atoms with Gasteiger partial charge in [0.1, 0.15) is 5.82 Å². The lowest BCUT2D eigenvalue weighted by Gasteiger charge is -2.23. The van der Waals surface area contributed by atoms with Gasteiger partial charge in [-0.3, -0.25) is 10.4 Å². The minimum atomic E-state index is 0.331. The van der Waals surface area contributed by atoms with E-state index in [1.165, 1.54) is 12.8 Å². The third kappa shape index (κ3) is 15.6. The van der Waals surface area contributed by atoms with Crippen molar-refractivity contribution in [3.63, 3.8) is 0 Å². The number of anilines is 3. The zero-order valence-corrected chi connectivity index (χ0v) is 27.1. The smallest absolute Gasteiger partial charge is 0.318 e. The number of benzene rings is 1. The largest absolute Gasteiger partial charge is 0.463 e. The number of ether oxygens (including phenoxy) is 1. The molecule has 0 spiro atoms. The summed E-state index contributed by atoms with van der Waals surface area (Å²) in [5.41, 5.74) is 13.2. The Bertz CT molecular complexity index is 1070. The van der Waals surface area contributed by atoms with E-state index >= 15 is 0 Å². The van der Waals surface area contributed by atoms with Crippen molar-refractivity contribution in [3.8, 4) is 6.01 Å². The number of unbranched alkanes of at least 4 members (excludes halogenated alkanes) is 1. The number of hydrogen-bond donors (Lipinski definition) is 2. The second kappa shape index (κ2) is 24.1.